The quantitative estimate of drug-likeness (QED) is 0.742. The molecule has 2 rings (SSSR count). The molecule has 0 aromatic heterocycles. The topological polar surface area (TPSA) is 56.2 Å². The number of hydrogen-bond acceptors (Lipinski definition) is 2. The Labute approximate surface area is 93.8 Å². The van der Waals surface area contributed by atoms with Gasteiger partial charge in [-0.15, -0.1) is 0 Å². The molecular weight excluding hydrogens is 214 g/mol. The summed E-state index contributed by atoms with van der Waals surface area (Å²) in [6.45, 7) is 2.00. The van der Waals surface area contributed by atoms with E-state index in [0.29, 0.717) is 25.3 Å². The Bertz CT molecular complexity index is 338. The van der Waals surface area contributed by atoms with Crippen LogP contribution in [0.3, 0.4) is 0 Å². The zero-order chi connectivity index (χ0) is 10.8. The second kappa shape index (κ2) is 4.23. The van der Waals surface area contributed by atoms with E-state index in [2.05, 4.69) is 5.32 Å². The average molecular weight is 228 g/mol. The number of amides is 1. The molecule has 0 aromatic carbocycles. The van der Waals surface area contributed by atoms with Gasteiger partial charge in [-0.1, -0.05) is 11.6 Å². The average Bonchev–Trinajstić information content (AvgIpc) is 2.58. The first-order valence-corrected chi connectivity index (χ1v) is 5.50. The summed E-state index contributed by atoms with van der Waals surface area (Å²) in [7, 11) is 0. The third kappa shape index (κ3) is 2.31. The van der Waals surface area contributed by atoms with Crippen LogP contribution >= 0.6 is 11.6 Å². The number of halogens is 1. The molecule has 2 aliphatic heterocycles. The van der Waals surface area contributed by atoms with Gasteiger partial charge in [-0.2, -0.15) is 0 Å². The van der Waals surface area contributed by atoms with Crippen LogP contribution in [-0.2, 0) is 4.79 Å². The van der Waals surface area contributed by atoms with Crippen LogP contribution in [0.15, 0.2) is 10.6 Å². The molecule has 2 N–H and O–H groups in total. The molecule has 2 aliphatic rings. The molecule has 0 radical (unpaired) electrons. The minimum absolute atomic E-state index is 0.0279. The largest absolute Gasteiger partial charge is 0.356 e. The van der Waals surface area contributed by atoms with Gasteiger partial charge in [-0.3, -0.25) is 10.2 Å². The van der Waals surface area contributed by atoms with E-state index in [1.807, 2.05) is 4.90 Å². The van der Waals surface area contributed by atoms with Crippen LogP contribution in [0.4, 0.5) is 0 Å². The second-order valence-electron chi connectivity index (χ2n) is 3.93. The number of nitrogens with zero attached hydrogens (tertiary/aromatic N) is 1. The highest BCUT2D eigenvalue weighted by Gasteiger charge is 2.22. The van der Waals surface area contributed by atoms with E-state index in [1.165, 1.54) is 0 Å². The summed E-state index contributed by atoms with van der Waals surface area (Å²) in [6, 6.07) is 0. The minimum atomic E-state index is 0.0279. The summed E-state index contributed by atoms with van der Waals surface area (Å²) >= 11 is 6.04. The van der Waals surface area contributed by atoms with Gasteiger partial charge < -0.3 is 10.2 Å². The summed E-state index contributed by atoms with van der Waals surface area (Å²) in [4.78, 5) is 13.2. The van der Waals surface area contributed by atoms with Crippen molar-refractivity contribution in [3.63, 3.8) is 0 Å². The van der Waals surface area contributed by atoms with Gasteiger partial charge in [-0.05, 0) is 12.0 Å². The lowest BCUT2D eigenvalue weighted by molar-refractivity contribution is -0.120. The molecule has 1 fully saturated rings. The Kier molecular flexibility index (Phi) is 2.95. The Hall–Kier alpha value is -1.03. The highest BCUT2D eigenvalue weighted by atomic mass is 35.5. The molecule has 1 amide bonds. The summed E-state index contributed by atoms with van der Waals surface area (Å²) < 4.78 is 0. The molecule has 1 saturated heterocycles. The van der Waals surface area contributed by atoms with Gasteiger partial charge in [0.15, 0.2) is 0 Å². The normalized spacial score (nSPS) is 22.3. The number of rotatable bonds is 2. The Morgan fingerprint density at radius 2 is 2.33 bits per heavy atom. The van der Waals surface area contributed by atoms with Crippen LogP contribution in [0.5, 0.6) is 0 Å². The number of carbonyl (C=O) groups excluding carboxylic acids is 1. The van der Waals surface area contributed by atoms with Crippen molar-refractivity contribution in [2.45, 2.75) is 19.3 Å². The molecule has 0 spiro atoms. The maximum absolute atomic E-state index is 11.2. The van der Waals surface area contributed by atoms with Crippen LogP contribution in [0.25, 0.3) is 0 Å². The Balaban J connectivity index is 2.04. The first kappa shape index (κ1) is 10.5. The molecule has 82 valence electrons. The van der Waals surface area contributed by atoms with Crippen molar-refractivity contribution in [1.29, 1.82) is 5.41 Å². The molecule has 15 heavy (non-hydrogen) atoms. The zero-order valence-corrected chi connectivity index (χ0v) is 9.23. The van der Waals surface area contributed by atoms with Crippen LogP contribution in [0.2, 0.25) is 0 Å². The molecule has 0 bridgehead atoms. The highest BCUT2D eigenvalue weighted by molar-refractivity contribution is 6.30. The van der Waals surface area contributed by atoms with Gasteiger partial charge in [0.1, 0.15) is 0 Å². The van der Waals surface area contributed by atoms with Gasteiger partial charge in [-0.25, -0.2) is 0 Å². The summed E-state index contributed by atoms with van der Waals surface area (Å²) in [5, 5.41) is 11.1. The second-order valence-corrected chi connectivity index (χ2v) is 4.39. The standard InChI is InChI=1S/C10H14ClN3O/c11-8-5-13-10(15)4-7(8)6-14-3-1-2-9(14)12/h12H,1-6H2,(H,13,15). The summed E-state index contributed by atoms with van der Waals surface area (Å²) in [5.74, 6) is 0.693. The van der Waals surface area contributed by atoms with Crippen LogP contribution in [0.1, 0.15) is 19.3 Å². The van der Waals surface area contributed by atoms with Crippen molar-refractivity contribution in [2.75, 3.05) is 19.6 Å². The molecule has 4 nitrogen and oxygen atoms in total. The van der Waals surface area contributed by atoms with Gasteiger partial charge in [0.25, 0.3) is 0 Å². The van der Waals surface area contributed by atoms with Crippen molar-refractivity contribution in [2.24, 2.45) is 0 Å². The number of carbonyl (C=O) groups is 1. The first-order valence-electron chi connectivity index (χ1n) is 5.12. The number of hydrogen-bond donors (Lipinski definition) is 2. The molecule has 0 aromatic rings. The molecule has 5 heteroatoms. The van der Waals surface area contributed by atoms with Gasteiger partial charge in [0.05, 0.1) is 18.8 Å². The number of nitrogens with one attached hydrogen (secondary N) is 2. The van der Waals surface area contributed by atoms with Crippen LogP contribution in [-0.4, -0.2) is 36.3 Å². The van der Waals surface area contributed by atoms with E-state index in [0.717, 1.165) is 30.0 Å². The van der Waals surface area contributed by atoms with Crippen molar-refractivity contribution < 1.29 is 4.79 Å². The van der Waals surface area contributed by atoms with Crippen molar-refractivity contribution in [3.05, 3.63) is 10.6 Å². The van der Waals surface area contributed by atoms with Crippen molar-refractivity contribution in [1.82, 2.24) is 10.2 Å². The van der Waals surface area contributed by atoms with Crippen LogP contribution < -0.4 is 5.32 Å². The number of amidine groups is 1. The minimum Gasteiger partial charge on any atom is -0.356 e. The Morgan fingerprint density at radius 3 is 3.00 bits per heavy atom. The summed E-state index contributed by atoms with van der Waals surface area (Å²) in [6.07, 6.45) is 2.26. The SMILES string of the molecule is N=C1CCCN1CC1=C(Cl)CNC(=O)C1. The smallest absolute Gasteiger partial charge is 0.224 e. The van der Waals surface area contributed by atoms with Gasteiger partial charge >= 0.3 is 0 Å². The third-order valence-corrected chi connectivity index (χ3v) is 3.20. The monoisotopic (exact) mass is 227 g/mol. The molecule has 2 heterocycles. The van der Waals surface area contributed by atoms with E-state index in [1.54, 1.807) is 0 Å². The predicted octanol–water partition coefficient (Wildman–Crippen LogP) is 1.07. The zero-order valence-electron chi connectivity index (χ0n) is 8.48. The van der Waals surface area contributed by atoms with E-state index in [4.69, 9.17) is 17.0 Å². The van der Waals surface area contributed by atoms with Crippen LogP contribution in [0, 0.1) is 5.41 Å². The van der Waals surface area contributed by atoms with Gasteiger partial charge in [0.2, 0.25) is 5.91 Å². The molecule has 0 atom stereocenters. The van der Waals surface area contributed by atoms with Crippen molar-refractivity contribution in [3.8, 4) is 0 Å². The molecule has 0 unspecified atom stereocenters. The van der Waals surface area contributed by atoms with E-state index < -0.39 is 0 Å². The fourth-order valence-electron chi connectivity index (χ4n) is 1.93. The molecule has 0 aliphatic carbocycles. The first-order chi connectivity index (χ1) is 7.16. The van der Waals surface area contributed by atoms with Crippen molar-refractivity contribution >= 4 is 23.3 Å². The maximum atomic E-state index is 11.2. The van der Waals surface area contributed by atoms with E-state index in [9.17, 15) is 4.79 Å². The third-order valence-electron chi connectivity index (χ3n) is 2.80. The number of likely N-dealkylation sites (tertiary alicyclic amines) is 1. The molecular formula is C10H14ClN3O. The molecule has 0 saturated carbocycles. The highest BCUT2D eigenvalue weighted by Crippen LogP contribution is 2.20. The maximum Gasteiger partial charge on any atom is 0.224 e. The lowest BCUT2D eigenvalue weighted by Gasteiger charge is -2.23. The lowest BCUT2D eigenvalue weighted by Crippen LogP contribution is -2.34. The lowest BCUT2D eigenvalue weighted by atomic mass is 10.1. The fourth-order valence-corrected chi connectivity index (χ4v) is 2.12. The van der Waals surface area contributed by atoms with E-state index in [-0.39, 0.29) is 5.91 Å². The summed E-state index contributed by atoms with van der Waals surface area (Å²) in [5.41, 5.74) is 0.965. The van der Waals surface area contributed by atoms with Gasteiger partial charge in [0, 0.05) is 24.5 Å². The van der Waals surface area contributed by atoms with E-state index >= 15 is 0 Å². The fraction of sp³-hybridized carbons (Fsp3) is 0.600. The predicted molar refractivity (Wildman–Crippen MR) is 59.0 cm³/mol. The Morgan fingerprint density at radius 1 is 1.53 bits per heavy atom.